The van der Waals surface area contributed by atoms with Crippen molar-refractivity contribution in [3.63, 3.8) is 0 Å². The first kappa shape index (κ1) is 21.5. The molecule has 1 unspecified atom stereocenters. The Morgan fingerprint density at radius 3 is 2.69 bits per heavy atom. The van der Waals surface area contributed by atoms with Crippen LogP contribution in [0.3, 0.4) is 0 Å². The van der Waals surface area contributed by atoms with Crippen LogP contribution in [0.15, 0.2) is 59.7 Å². The lowest BCUT2D eigenvalue weighted by atomic mass is 10.1. The monoisotopic (exact) mass is 434 g/mol. The molecule has 2 aromatic heterocycles. The van der Waals surface area contributed by atoms with Crippen molar-refractivity contribution in [1.29, 1.82) is 0 Å². The normalized spacial score (nSPS) is 14.2. The molecule has 0 aliphatic carbocycles. The number of carbonyl (C=O) groups excluding carboxylic acids is 1. The molecule has 3 heterocycles. The Kier molecular flexibility index (Phi) is 6.74. The molecule has 1 aliphatic heterocycles. The first-order valence-electron chi connectivity index (χ1n) is 10.7. The SMILES string of the molecule is CC(C(=O)NCCOc1cc(N2CCCC2)ncn1)n1nc(-c2ccccc2)ccc1=O. The van der Waals surface area contributed by atoms with Gasteiger partial charge in [-0.25, -0.2) is 14.6 Å². The lowest BCUT2D eigenvalue weighted by Gasteiger charge is -2.17. The van der Waals surface area contributed by atoms with Gasteiger partial charge in [-0.1, -0.05) is 30.3 Å². The molecule has 32 heavy (non-hydrogen) atoms. The lowest BCUT2D eigenvalue weighted by Crippen LogP contribution is -2.38. The minimum Gasteiger partial charge on any atom is -0.476 e. The van der Waals surface area contributed by atoms with Gasteiger partial charge in [-0.3, -0.25) is 9.59 Å². The number of aromatic nitrogens is 4. The lowest BCUT2D eigenvalue weighted by molar-refractivity contribution is -0.124. The van der Waals surface area contributed by atoms with E-state index in [0.717, 1.165) is 37.3 Å². The van der Waals surface area contributed by atoms with E-state index in [1.807, 2.05) is 36.4 Å². The highest BCUT2D eigenvalue weighted by Crippen LogP contribution is 2.20. The predicted octanol–water partition coefficient (Wildman–Crippen LogP) is 2.06. The third-order valence-corrected chi connectivity index (χ3v) is 5.35. The first-order valence-corrected chi connectivity index (χ1v) is 10.7. The zero-order valence-electron chi connectivity index (χ0n) is 18.0. The number of ether oxygens (including phenoxy) is 1. The van der Waals surface area contributed by atoms with Crippen molar-refractivity contribution >= 4 is 11.7 Å². The van der Waals surface area contributed by atoms with Crippen LogP contribution >= 0.6 is 0 Å². The second kappa shape index (κ2) is 10.0. The summed E-state index contributed by atoms with van der Waals surface area (Å²) in [6, 6.07) is 13.7. The van der Waals surface area contributed by atoms with Gasteiger partial charge in [-0.15, -0.1) is 0 Å². The molecule has 9 nitrogen and oxygen atoms in total. The van der Waals surface area contributed by atoms with Crippen molar-refractivity contribution in [2.75, 3.05) is 31.1 Å². The van der Waals surface area contributed by atoms with Gasteiger partial charge in [-0.2, -0.15) is 5.10 Å². The smallest absolute Gasteiger partial charge is 0.267 e. The molecule has 0 radical (unpaired) electrons. The van der Waals surface area contributed by atoms with Crippen molar-refractivity contribution in [3.05, 3.63) is 65.2 Å². The van der Waals surface area contributed by atoms with Gasteiger partial charge in [0.15, 0.2) is 0 Å². The number of amides is 1. The number of benzene rings is 1. The molecule has 166 valence electrons. The van der Waals surface area contributed by atoms with Gasteiger partial charge in [-0.05, 0) is 25.8 Å². The van der Waals surface area contributed by atoms with Gasteiger partial charge in [0.25, 0.3) is 5.56 Å². The Bertz CT molecular complexity index is 1110. The summed E-state index contributed by atoms with van der Waals surface area (Å²) >= 11 is 0. The molecule has 1 atom stereocenters. The average molecular weight is 435 g/mol. The van der Waals surface area contributed by atoms with Crippen LogP contribution in [0.4, 0.5) is 5.82 Å². The molecule has 0 saturated carbocycles. The summed E-state index contributed by atoms with van der Waals surface area (Å²) in [7, 11) is 0. The molecule has 1 amide bonds. The number of rotatable bonds is 8. The number of hydrogen-bond donors (Lipinski definition) is 1. The van der Waals surface area contributed by atoms with Crippen molar-refractivity contribution in [3.8, 4) is 17.1 Å². The summed E-state index contributed by atoms with van der Waals surface area (Å²) in [4.78, 5) is 35.5. The summed E-state index contributed by atoms with van der Waals surface area (Å²) in [6.07, 6.45) is 3.81. The van der Waals surface area contributed by atoms with Gasteiger partial charge in [0.1, 0.15) is 24.8 Å². The Morgan fingerprint density at radius 1 is 1.12 bits per heavy atom. The van der Waals surface area contributed by atoms with E-state index in [2.05, 4.69) is 25.3 Å². The maximum absolute atomic E-state index is 12.6. The van der Waals surface area contributed by atoms with Crippen LogP contribution < -0.4 is 20.5 Å². The molecule has 9 heteroatoms. The Hall–Kier alpha value is -3.75. The number of anilines is 1. The van der Waals surface area contributed by atoms with E-state index < -0.39 is 6.04 Å². The largest absolute Gasteiger partial charge is 0.476 e. The van der Waals surface area contributed by atoms with E-state index in [0.29, 0.717) is 11.6 Å². The van der Waals surface area contributed by atoms with E-state index >= 15 is 0 Å². The van der Waals surface area contributed by atoms with E-state index in [1.165, 1.54) is 17.1 Å². The molecule has 1 aromatic carbocycles. The van der Waals surface area contributed by atoms with Crippen LogP contribution in [-0.2, 0) is 4.79 Å². The fourth-order valence-corrected chi connectivity index (χ4v) is 3.58. The molecule has 1 N–H and O–H groups in total. The van der Waals surface area contributed by atoms with Crippen LogP contribution in [0, 0.1) is 0 Å². The van der Waals surface area contributed by atoms with Crippen molar-refractivity contribution in [2.45, 2.75) is 25.8 Å². The Labute approximate surface area is 186 Å². The predicted molar refractivity (Wildman–Crippen MR) is 121 cm³/mol. The fraction of sp³-hybridized carbons (Fsp3) is 0.348. The highest BCUT2D eigenvalue weighted by atomic mass is 16.5. The average Bonchev–Trinajstić information content (AvgIpc) is 3.37. The van der Waals surface area contributed by atoms with Crippen molar-refractivity contribution < 1.29 is 9.53 Å². The van der Waals surface area contributed by atoms with Crippen LogP contribution in [0.1, 0.15) is 25.8 Å². The summed E-state index contributed by atoms with van der Waals surface area (Å²) in [5, 5.41) is 7.17. The zero-order valence-corrected chi connectivity index (χ0v) is 18.0. The zero-order chi connectivity index (χ0) is 22.3. The molecule has 0 spiro atoms. The first-order chi connectivity index (χ1) is 15.6. The molecule has 4 rings (SSSR count). The quantitative estimate of drug-likeness (QED) is 0.542. The molecular formula is C23H26N6O3. The fourth-order valence-electron chi connectivity index (χ4n) is 3.58. The number of nitrogens with zero attached hydrogens (tertiary/aromatic N) is 5. The van der Waals surface area contributed by atoms with Crippen LogP contribution in [-0.4, -0.2) is 51.9 Å². The van der Waals surface area contributed by atoms with Gasteiger partial charge >= 0.3 is 0 Å². The maximum Gasteiger partial charge on any atom is 0.267 e. The van der Waals surface area contributed by atoms with E-state index in [-0.39, 0.29) is 24.6 Å². The van der Waals surface area contributed by atoms with Gasteiger partial charge < -0.3 is 15.0 Å². The van der Waals surface area contributed by atoms with Gasteiger partial charge in [0, 0.05) is 30.8 Å². The van der Waals surface area contributed by atoms with Crippen molar-refractivity contribution in [1.82, 2.24) is 25.1 Å². The van der Waals surface area contributed by atoms with Gasteiger partial charge in [0.2, 0.25) is 11.8 Å². The van der Waals surface area contributed by atoms with Crippen LogP contribution in [0.25, 0.3) is 11.3 Å². The minimum atomic E-state index is -0.757. The Morgan fingerprint density at radius 2 is 1.91 bits per heavy atom. The standard InChI is InChI=1S/C23H26N6O3/c1-17(29-22(30)10-9-19(27-29)18-7-3-2-4-8-18)23(31)24-11-14-32-21-15-20(25-16-26-21)28-12-5-6-13-28/h2-4,7-10,15-17H,5-6,11-14H2,1H3,(H,24,31). The van der Waals surface area contributed by atoms with Crippen LogP contribution in [0.5, 0.6) is 5.88 Å². The highest BCUT2D eigenvalue weighted by molar-refractivity contribution is 5.79. The topological polar surface area (TPSA) is 102 Å². The number of hydrogen-bond acceptors (Lipinski definition) is 7. The molecule has 0 bridgehead atoms. The highest BCUT2D eigenvalue weighted by Gasteiger charge is 2.18. The number of carbonyl (C=O) groups is 1. The molecule has 1 fully saturated rings. The van der Waals surface area contributed by atoms with Crippen molar-refractivity contribution in [2.24, 2.45) is 0 Å². The second-order valence-corrected chi connectivity index (χ2v) is 7.59. The summed E-state index contributed by atoms with van der Waals surface area (Å²) in [5.74, 6) is 1.01. The third kappa shape index (κ3) is 5.11. The number of nitrogens with one attached hydrogen (secondary N) is 1. The Balaban J connectivity index is 1.32. The van der Waals surface area contributed by atoms with Gasteiger partial charge in [0.05, 0.1) is 12.2 Å². The molecule has 1 aliphatic rings. The third-order valence-electron chi connectivity index (χ3n) is 5.35. The summed E-state index contributed by atoms with van der Waals surface area (Å²) in [5.41, 5.74) is 1.17. The van der Waals surface area contributed by atoms with Crippen LogP contribution in [0.2, 0.25) is 0 Å². The maximum atomic E-state index is 12.6. The van der Waals surface area contributed by atoms with E-state index in [4.69, 9.17) is 4.74 Å². The summed E-state index contributed by atoms with van der Waals surface area (Å²) < 4.78 is 6.87. The molecule has 1 saturated heterocycles. The second-order valence-electron chi connectivity index (χ2n) is 7.59. The van der Waals surface area contributed by atoms with E-state index in [9.17, 15) is 9.59 Å². The summed E-state index contributed by atoms with van der Waals surface area (Å²) in [6.45, 7) is 4.15. The molecular weight excluding hydrogens is 408 g/mol. The molecule has 3 aromatic rings. The van der Waals surface area contributed by atoms with E-state index in [1.54, 1.807) is 13.0 Å². The minimum absolute atomic E-state index is 0.251.